The molecule has 0 aromatic heterocycles. The number of thioether (sulfide) groups is 1. The van der Waals surface area contributed by atoms with Crippen LogP contribution in [-0.2, 0) is 0 Å². The zero-order valence-electron chi connectivity index (χ0n) is 11.6. The number of benzene rings is 1. The summed E-state index contributed by atoms with van der Waals surface area (Å²) in [4.78, 5) is 1.43. The van der Waals surface area contributed by atoms with Crippen LogP contribution in [0.15, 0.2) is 29.2 Å². The Labute approximate surface area is 120 Å². The predicted octanol–water partition coefficient (Wildman–Crippen LogP) is 4.99. The maximum absolute atomic E-state index is 9.68. The molecule has 2 aliphatic rings. The summed E-state index contributed by atoms with van der Waals surface area (Å²) in [5.74, 6) is 2.57. The maximum atomic E-state index is 9.68. The van der Waals surface area contributed by atoms with Crippen molar-refractivity contribution in [1.29, 1.82) is 5.26 Å². The lowest BCUT2D eigenvalue weighted by Gasteiger charge is -2.35. The Bertz CT molecular complexity index is 494. The van der Waals surface area contributed by atoms with Crippen molar-refractivity contribution in [3.8, 4) is 6.07 Å². The van der Waals surface area contributed by atoms with E-state index in [1.54, 1.807) is 0 Å². The Kier molecular flexibility index (Phi) is 3.58. The van der Waals surface area contributed by atoms with Crippen molar-refractivity contribution in [3.05, 3.63) is 29.8 Å². The third kappa shape index (κ3) is 2.54. The minimum atomic E-state index is -0.0464. The van der Waals surface area contributed by atoms with Crippen molar-refractivity contribution >= 4 is 11.8 Å². The van der Waals surface area contributed by atoms with Crippen molar-refractivity contribution in [2.45, 2.75) is 49.8 Å². The van der Waals surface area contributed by atoms with E-state index >= 15 is 0 Å². The molecule has 0 radical (unpaired) electrons. The number of hydrogen-bond acceptors (Lipinski definition) is 2. The monoisotopic (exact) mass is 271 g/mol. The summed E-state index contributed by atoms with van der Waals surface area (Å²) < 4.78 is 0. The van der Waals surface area contributed by atoms with Gasteiger partial charge in [-0.25, -0.2) is 0 Å². The highest BCUT2D eigenvalue weighted by Gasteiger charge is 2.38. The Morgan fingerprint density at radius 2 is 2.05 bits per heavy atom. The Morgan fingerprint density at radius 3 is 2.79 bits per heavy atom. The molecular weight excluding hydrogens is 250 g/mol. The fourth-order valence-electron chi connectivity index (χ4n) is 3.55. The minimum Gasteiger partial charge on any atom is -0.198 e. The zero-order valence-corrected chi connectivity index (χ0v) is 12.4. The summed E-state index contributed by atoms with van der Waals surface area (Å²) in [6.45, 7) is 2.32. The molecule has 1 aromatic carbocycles. The average molecular weight is 271 g/mol. The molecule has 19 heavy (non-hydrogen) atoms. The molecule has 1 nitrogen and oxygen atoms in total. The van der Waals surface area contributed by atoms with Gasteiger partial charge in [0, 0.05) is 10.6 Å². The van der Waals surface area contributed by atoms with Crippen LogP contribution in [0.2, 0.25) is 0 Å². The summed E-state index contributed by atoms with van der Waals surface area (Å²) in [6, 6.07) is 11.4. The summed E-state index contributed by atoms with van der Waals surface area (Å²) >= 11 is 1.96. The van der Waals surface area contributed by atoms with Crippen LogP contribution in [-0.4, -0.2) is 5.75 Å². The standard InChI is InChI=1S/C17H21NS/c1-13-6-8-17(12-18,9-7-13)10-14-11-19-16-5-3-2-4-15(14)16/h2-5,13-14H,6-11H2,1H3. The van der Waals surface area contributed by atoms with Gasteiger partial charge in [-0.15, -0.1) is 11.8 Å². The summed E-state index contributed by atoms with van der Waals surface area (Å²) in [7, 11) is 0. The second kappa shape index (κ2) is 5.21. The molecule has 1 atom stereocenters. The number of nitriles is 1. The van der Waals surface area contributed by atoms with Gasteiger partial charge in [0.1, 0.15) is 0 Å². The van der Waals surface area contributed by atoms with Crippen molar-refractivity contribution in [3.63, 3.8) is 0 Å². The van der Waals surface area contributed by atoms with Crippen LogP contribution in [0.3, 0.4) is 0 Å². The molecule has 100 valence electrons. The molecule has 1 fully saturated rings. The molecule has 1 aliphatic heterocycles. The predicted molar refractivity (Wildman–Crippen MR) is 80.2 cm³/mol. The fraction of sp³-hybridized carbons (Fsp3) is 0.588. The number of fused-ring (bicyclic) bond motifs is 1. The Balaban J connectivity index is 1.77. The van der Waals surface area contributed by atoms with E-state index in [0.717, 1.165) is 25.2 Å². The van der Waals surface area contributed by atoms with Gasteiger partial charge in [0.2, 0.25) is 0 Å². The first kappa shape index (κ1) is 13.1. The van der Waals surface area contributed by atoms with Gasteiger partial charge in [-0.3, -0.25) is 0 Å². The van der Waals surface area contributed by atoms with E-state index < -0.39 is 0 Å². The SMILES string of the molecule is CC1CCC(C#N)(CC2CSc3ccccc32)CC1. The molecule has 1 heterocycles. The average Bonchev–Trinajstić information content (AvgIpc) is 2.85. The van der Waals surface area contributed by atoms with E-state index in [2.05, 4.69) is 37.3 Å². The Hall–Kier alpha value is -0.940. The summed E-state index contributed by atoms with van der Waals surface area (Å²) in [5, 5.41) is 9.68. The van der Waals surface area contributed by atoms with Gasteiger partial charge in [-0.05, 0) is 55.6 Å². The van der Waals surface area contributed by atoms with E-state index in [1.807, 2.05) is 11.8 Å². The normalized spacial score (nSPS) is 33.7. The van der Waals surface area contributed by atoms with Gasteiger partial charge in [0.15, 0.2) is 0 Å². The van der Waals surface area contributed by atoms with Crippen LogP contribution >= 0.6 is 11.8 Å². The molecule has 0 saturated heterocycles. The topological polar surface area (TPSA) is 23.8 Å². The van der Waals surface area contributed by atoms with Gasteiger partial charge < -0.3 is 0 Å². The first-order valence-electron chi connectivity index (χ1n) is 7.35. The fourth-order valence-corrected chi connectivity index (χ4v) is 4.80. The third-order valence-corrected chi connectivity index (χ3v) is 6.16. The van der Waals surface area contributed by atoms with E-state index in [0.29, 0.717) is 5.92 Å². The lowest BCUT2D eigenvalue weighted by atomic mass is 9.67. The molecular formula is C17H21NS. The van der Waals surface area contributed by atoms with Crippen molar-refractivity contribution in [2.24, 2.45) is 11.3 Å². The van der Waals surface area contributed by atoms with Gasteiger partial charge >= 0.3 is 0 Å². The first-order valence-corrected chi connectivity index (χ1v) is 8.34. The zero-order chi connectivity index (χ0) is 13.3. The smallest absolute Gasteiger partial charge is 0.0689 e. The second-order valence-corrected chi connectivity index (χ2v) is 7.39. The van der Waals surface area contributed by atoms with Gasteiger partial charge in [-0.2, -0.15) is 5.26 Å². The molecule has 0 bridgehead atoms. The largest absolute Gasteiger partial charge is 0.198 e. The molecule has 1 unspecified atom stereocenters. The molecule has 0 spiro atoms. The van der Waals surface area contributed by atoms with E-state index in [4.69, 9.17) is 0 Å². The highest BCUT2D eigenvalue weighted by Crippen LogP contribution is 2.49. The molecule has 3 rings (SSSR count). The van der Waals surface area contributed by atoms with Crippen LogP contribution in [0, 0.1) is 22.7 Å². The first-order chi connectivity index (χ1) is 9.22. The summed E-state index contributed by atoms with van der Waals surface area (Å²) in [6.07, 6.45) is 5.74. The van der Waals surface area contributed by atoms with Crippen LogP contribution < -0.4 is 0 Å². The van der Waals surface area contributed by atoms with Crippen LogP contribution in [0.4, 0.5) is 0 Å². The minimum absolute atomic E-state index is 0.0464. The van der Waals surface area contributed by atoms with Crippen LogP contribution in [0.5, 0.6) is 0 Å². The molecule has 0 N–H and O–H groups in total. The molecule has 1 aliphatic carbocycles. The van der Waals surface area contributed by atoms with Crippen molar-refractivity contribution in [2.75, 3.05) is 5.75 Å². The highest BCUT2D eigenvalue weighted by atomic mass is 32.2. The Morgan fingerprint density at radius 1 is 1.32 bits per heavy atom. The lowest BCUT2D eigenvalue weighted by molar-refractivity contribution is 0.197. The number of nitrogens with zero attached hydrogens (tertiary/aromatic N) is 1. The van der Waals surface area contributed by atoms with E-state index in [1.165, 1.54) is 29.1 Å². The quantitative estimate of drug-likeness (QED) is 0.757. The number of hydrogen-bond donors (Lipinski definition) is 0. The second-order valence-electron chi connectivity index (χ2n) is 6.32. The molecule has 0 amide bonds. The van der Waals surface area contributed by atoms with Gasteiger partial charge in [-0.1, -0.05) is 25.1 Å². The van der Waals surface area contributed by atoms with E-state index in [-0.39, 0.29) is 5.41 Å². The maximum Gasteiger partial charge on any atom is 0.0689 e. The summed E-state index contributed by atoms with van der Waals surface area (Å²) in [5.41, 5.74) is 1.44. The van der Waals surface area contributed by atoms with Crippen LogP contribution in [0.25, 0.3) is 0 Å². The molecule has 2 heteroatoms. The number of rotatable bonds is 2. The van der Waals surface area contributed by atoms with Gasteiger partial charge in [0.05, 0.1) is 11.5 Å². The van der Waals surface area contributed by atoms with Crippen LogP contribution in [0.1, 0.15) is 50.5 Å². The molecule has 1 saturated carbocycles. The molecule has 1 aromatic rings. The highest BCUT2D eigenvalue weighted by molar-refractivity contribution is 7.99. The third-order valence-electron chi connectivity index (χ3n) is 4.90. The van der Waals surface area contributed by atoms with E-state index in [9.17, 15) is 5.26 Å². The van der Waals surface area contributed by atoms with Gasteiger partial charge in [0.25, 0.3) is 0 Å². The lowest BCUT2D eigenvalue weighted by Crippen LogP contribution is -2.27. The van der Waals surface area contributed by atoms with Crippen molar-refractivity contribution in [1.82, 2.24) is 0 Å². The van der Waals surface area contributed by atoms with Crippen molar-refractivity contribution < 1.29 is 0 Å².